The van der Waals surface area contributed by atoms with Gasteiger partial charge in [-0.1, -0.05) is 44.1 Å². The second-order valence-electron chi connectivity index (χ2n) is 6.94. The average Bonchev–Trinajstić information content (AvgIpc) is 3.23. The fourth-order valence-corrected chi connectivity index (χ4v) is 3.48. The smallest absolute Gasteiger partial charge is 0.192 e. The van der Waals surface area contributed by atoms with Crippen LogP contribution >= 0.6 is 23.4 Å². The van der Waals surface area contributed by atoms with Crippen molar-refractivity contribution < 1.29 is 9.21 Å². The van der Waals surface area contributed by atoms with Crippen molar-refractivity contribution in [3.05, 3.63) is 53.4 Å². The number of halogens is 1. The lowest BCUT2D eigenvalue weighted by atomic mass is 9.92. The molecule has 3 rings (SSSR count). The van der Waals surface area contributed by atoms with Gasteiger partial charge in [0.2, 0.25) is 0 Å². The van der Waals surface area contributed by atoms with Gasteiger partial charge < -0.3 is 4.42 Å². The van der Waals surface area contributed by atoms with Crippen LogP contribution in [-0.2, 0) is 11.3 Å². The SMILES string of the molecule is CC(C)(C)C(=O)CSc1nnc(-c2ccc(Cl)cc2)n1Cc1ccco1. The topological polar surface area (TPSA) is 60.9 Å². The molecular formula is C19H20ClN3O2S. The molecule has 7 heteroatoms. The predicted molar refractivity (Wildman–Crippen MR) is 103 cm³/mol. The van der Waals surface area contributed by atoms with Crippen LogP contribution in [0.15, 0.2) is 52.2 Å². The van der Waals surface area contributed by atoms with Crippen molar-refractivity contribution in [2.75, 3.05) is 5.75 Å². The summed E-state index contributed by atoms with van der Waals surface area (Å²) in [5.41, 5.74) is 0.528. The highest BCUT2D eigenvalue weighted by atomic mass is 35.5. The molecule has 0 fully saturated rings. The van der Waals surface area contributed by atoms with E-state index in [0.29, 0.717) is 28.3 Å². The molecule has 26 heavy (non-hydrogen) atoms. The Kier molecular flexibility index (Phi) is 5.53. The van der Waals surface area contributed by atoms with Crippen LogP contribution in [0, 0.1) is 5.41 Å². The molecule has 0 amide bonds. The number of rotatable bonds is 6. The average molecular weight is 390 g/mol. The highest BCUT2D eigenvalue weighted by molar-refractivity contribution is 7.99. The van der Waals surface area contributed by atoms with E-state index < -0.39 is 0 Å². The van der Waals surface area contributed by atoms with E-state index >= 15 is 0 Å². The number of hydrogen-bond donors (Lipinski definition) is 0. The minimum atomic E-state index is -0.377. The molecule has 2 heterocycles. The molecule has 0 atom stereocenters. The van der Waals surface area contributed by atoms with Gasteiger partial charge in [-0.3, -0.25) is 9.36 Å². The molecule has 0 saturated carbocycles. The Morgan fingerprint density at radius 1 is 1.19 bits per heavy atom. The molecule has 1 aromatic carbocycles. The van der Waals surface area contributed by atoms with E-state index in [-0.39, 0.29) is 11.2 Å². The highest BCUT2D eigenvalue weighted by Crippen LogP contribution is 2.28. The Bertz CT molecular complexity index is 881. The number of Topliss-reactive ketones (excluding diaryl/α,β-unsaturated/α-hetero) is 1. The summed E-state index contributed by atoms with van der Waals surface area (Å²) in [5.74, 6) is 2.02. The van der Waals surface area contributed by atoms with Crippen LogP contribution in [0.25, 0.3) is 11.4 Å². The van der Waals surface area contributed by atoms with Gasteiger partial charge in [0.05, 0.1) is 18.6 Å². The number of carbonyl (C=O) groups excluding carboxylic acids is 1. The van der Waals surface area contributed by atoms with Gasteiger partial charge in [-0.2, -0.15) is 0 Å². The molecule has 3 aromatic rings. The lowest BCUT2D eigenvalue weighted by molar-refractivity contribution is -0.123. The Morgan fingerprint density at radius 2 is 1.92 bits per heavy atom. The standard InChI is InChI=1S/C19H20ClN3O2S/c1-19(2,3)16(24)12-26-18-22-21-17(13-6-8-14(20)9-7-13)23(18)11-15-5-4-10-25-15/h4-10H,11-12H2,1-3H3. The first-order valence-electron chi connectivity index (χ1n) is 8.22. The predicted octanol–water partition coefficient (Wildman–Crippen LogP) is 4.95. The fourth-order valence-electron chi connectivity index (χ4n) is 2.26. The van der Waals surface area contributed by atoms with Crippen molar-refractivity contribution in [1.29, 1.82) is 0 Å². The third kappa shape index (κ3) is 4.37. The summed E-state index contributed by atoms with van der Waals surface area (Å²) in [5, 5.41) is 9.98. The Hall–Kier alpha value is -2.05. The van der Waals surface area contributed by atoms with Crippen molar-refractivity contribution >= 4 is 29.1 Å². The third-order valence-corrected chi connectivity index (χ3v) is 5.10. The maximum Gasteiger partial charge on any atom is 0.192 e. The molecule has 0 aliphatic rings. The Morgan fingerprint density at radius 3 is 2.54 bits per heavy atom. The van der Waals surface area contributed by atoms with Crippen molar-refractivity contribution in [1.82, 2.24) is 14.8 Å². The van der Waals surface area contributed by atoms with Gasteiger partial charge in [-0.05, 0) is 36.4 Å². The first-order chi connectivity index (χ1) is 12.3. The summed E-state index contributed by atoms with van der Waals surface area (Å²) in [6, 6.07) is 11.2. The molecule has 0 aliphatic carbocycles. The number of hydrogen-bond acceptors (Lipinski definition) is 5. The van der Waals surface area contributed by atoms with Crippen molar-refractivity contribution in [2.24, 2.45) is 5.41 Å². The molecule has 0 bridgehead atoms. The van der Waals surface area contributed by atoms with Gasteiger partial charge >= 0.3 is 0 Å². The maximum absolute atomic E-state index is 12.3. The van der Waals surface area contributed by atoms with Crippen molar-refractivity contribution in [3.63, 3.8) is 0 Å². The second-order valence-corrected chi connectivity index (χ2v) is 8.32. The second kappa shape index (κ2) is 7.68. The lowest BCUT2D eigenvalue weighted by Crippen LogP contribution is -2.22. The van der Waals surface area contributed by atoms with Crippen molar-refractivity contribution in [2.45, 2.75) is 32.5 Å². The first kappa shape index (κ1) is 18.7. The first-order valence-corrected chi connectivity index (χ1v) is 9.58. The van der Waals surface area contributed by atoms with Gasteiger partial charge in [0.15, 0.2) is 11.0 Å². The molecule has 0 saturated heterocycles. The van der Waals surface area contributed by atoms with Gasteiger partial charge in [0.25, 0.3) is 0 Å². The number of aromatic nitrogens is 3. The van der Waals surface area contributed by atoms with E-state index in [4.69, 9.17) is 16.0 Å². The summed E-state index contributed by atoms with van der Waals surface area (Å²) in [6.45, 7) is 6.25. The van der Waals surface area contributed by atoms with E-state index in [1.165, 1.54) is 11.8 Å². The number of carbonyl (C=O) groups is 1. The van der Waals surface area contributed by atoms with Crippen LogP contribution in [0.3, 0.4) is 0 Å². The largest absolute Gasteiger partial charge is 0.467 e. The molecule has 0 aliphatic heterocycles. The lowest BCUT2D eigenvalue weighted by Gasteiger charge is -2.16. The van der Waals surface area contributed by atoms with E-state index in [2.05, 4.69) is 10.2 Å². The van der Waals surface area contributed by atoms with Crippen LogP contribution in [0.2, 0.25) is 5.02 Å². The fraction of sp³-hybridized carbons (Fsp3) is 0.316. The van der Waals surface area contributed by atoms with Crippen molar-refractivity contribution in [3.8, 4) is 11.4 Å². The monoisotopic (exact) mass is 389 g/mol. The van der Waals surface area contributed by atoms with E-state index in [1.54, 1.807) is 6.26 Å². The summed E-state index contributed by atoms with van der Waals surface area (Å²) in [4.78, 5) is 12.3. The number of benzene rings is 1. The zero-order chi connectivity index (χ0) is 18.7. The van der Waals surface area contributed by atoms with E-state index in [9.17, 15) is 4.79 Å². The summed E-state index contributed by atoms with van der Waals surface area (Å²) in [6.07, 6.45) is 1.64. The quantitative estimate of drug-likeness (QED) is 0.558. The van der Waals surface area contributed by atoms with Crippen LogP contribution < -0.4 is 0 Å². The minimum Gasteiger partial charge on any atom is -0.467 e. The van der Waals surface area contributed by atoms with Crippen LogP contribution in [0.5, 0.6) is 0 Å². The number of furan rings is 1. The molecular weight excluding hydrogens is 370 g/mol. The third-order valence-electron chi connectivity index (χ3n) is 3.88. The minimum absolute atomic E-state index is 0.170. The van der Waals surface area contributed by atoms with Gasteiger partial charge in [-0.25, -0.2) is 0 Å². The highest BCUT2D eigenvalue weighted by Gasteiger charge is 2.23. The molecule has 0 spiro atoms. The van der Waals surface area contributed by atoms with Gasteiger partial charge in [0.1, 0.15) is 11.5 Å². The molecule has 0 radical (unpaired) electrons. The molecule has 0 N–H and O–H groups in total. The van der Waals surface area contributed by atoms with Crippen LogP contribution in [0.4, 0.5) is 0 Å². The van der Waals surface area contributed by atoms with Crippen LogP contribution in [0.1, 0.15) is 26.5 Å². The zero-order valence-electron chi connectivity index (χ0n) is 14.9. The van der Waals surface area contributed by atoms with E-state index in [1.807, 2.05) is 61.7 Å². The Labute approximate surface area is 161 Å². The normalized spacial score (nSPS) is 11.7. The van der Waals surface area contributed by atoms with Gasteiger partial charge in [0, 0.05) is 16.0 Å². The maximum atomic E-state index is 12.3. The Balaban J connectivity index is 1.91. The summed E-state index contributed by atoms with van der Waals surface area (Å²) >= 11 is 7.38. The zero-order valence-corrected chi connectivity index (χ0v) is 16.5. The van der Waals surface area contributed by atoms with Gasteiger partial charge in [-0.15, -0.1) is 10.2 Å². The number of ketones is 1. The summed E-state index contributed by atoms with van der Waals surface area (Å²) < 4.78 is 7.44. The van der Waals surface area contributed by atoms with E-state index in [0.717, 1.165) is 11.3 Å². The molecule has 2 aromatic heterocycles. The molecule has 0 unspecified atom stereocenters. The molecule has 136 valence electrons. The molecule has 5 nitrogen and oxygen atoms in total. The number of nitrogens with zero attached hydrogens (tertiary/aromatic N) is 3. The number of thioether (sulfide) groups is 1. The summed E-state index contributed by atoms with van der Waals surface area (Å²) in [7, 11) is 0. The van der Waals surface area contributed by atoms with Crippen LogP contribution in [-0.4, -0.2) is 26.3 Å².